The minimum Gasteiger partial charge on any atom is -0.314 e. The van der Waals surface area contributed by atoms with Crippen LogP contribution < -0.4 is 5.32 Å². The van der Waals surface area contributed by atoms with Crippen molar-refractivity contribution in [3.8, 4) is 0 Å². The Hall–Kier alpha value is -0.240. The largest absolute Gasteiger partial charge is 0.314 e. The summed E-state index contributed by atoms with van der Waals surface area (Å²) in [6, 6.07) is 6.34. The fourth-order valence-electron chi connectivity index (χ4n) is 2.13. The van der Waals surface area contributed by atoms with E-state index in [4.69, 9.17) is 23.2 Å². The summed E-state index contributed by atoms with van der Waals surface area (Å²) in [6.07, 6.45) is 3.25. The molecule has 0 saturated heterocycles. The van der Waals surface area contributed by atoms with Crippen molar-refractivity contribution in [1.82, 2.24) is 5.32 Å². The average molecular weight is 288 g/mol. The van der Waals surface area contributed by atoms with Crippen LogP contribution in [0.15, 0.2) is 18.2 Å². The van der Waals surface area contributed by atoms with E-state index in [1.807, 2.05) is 12.1 Å². The minimum atomic E-state index is 0.473. The van der Waals surface area contributed by atoms with Gasteiger partial charge in [0, 0.05) is 6.04 Å². The van der Waals surface area contributed by atoms with Gasteiger partial charge in [-0.15, -0.1) is 0 Å². The molecule has 0 amide bonds. The molecule has 0 fully saturated rings. The van der Waals surface area contributed by atoms with Crippen molar-refractivity contribution in [2.45, 2.75) is 46.1 Å². The monoisotopic (exact) mass is 287 g/mol. The van der Waals surface area contributed by atoms with Gasteiger partial charge in [-0.05, 0) is 43.4 Å². The molecule has 102 valence electrons. The molecule has 0 heterocycles. The lowest BCUT2D eigenvalue weighted by atomic mass is 9.97. The number of hydrogen-bond donors (Lipinski definition) is 1. The Morgan fingerprint density at radius 3 is 2.56 bits per heavy atom. The molecule has 18 heavy (non-hydrogen) atoms. The molecular weight excluding hydrogens is 265 g/mol. The zero-order valence-electron chi connectivity index (χ0n) is 11.5. The standard InChI is InChI=1S/C15H23Cl2N/c1-4-8-18-13(9-11(2)3)10-12-6-5-7-14(16)15(12)17/h5-7,11,13,18H,4,8-10H2,1-3H3. The van der Waals surface area contributed by atoms with Gasteiger partial charge in [-0.2, -0.15) is 0 Å². The Morgan fingerprint density at radius 1 is 1.22 bits per heavy atom. The third-order valence-electron chi connectivity index (χ3n) is 2.94. The molecule has 0 saturated carbocycles. The second kappa shape index (κ2) is 8.04. The Bertz CT molecular complexity index is 364. The lowest BCUT2D eigenvalue weighted by Crippen LogP contribution is -2.33. The van der Waals surface area contributed by atoms with Crippen molar-refractivity contribution < 1.29 is 0 Å². The van der Waals surface area contributed by atoms with E-state index < -0.39 is 0 Å². The molecule has 1 aromatic carbocycles. The molecule has 0 bridgehead atoms. The van der Waals surface area contributed by atoms with Crippen LogP contribution in [0.5, 0.6) is 0 Å². The zero-order valence-corrected chi connectivity index (χ0v) is 13.0. The van der Waals surface area contributed by atoms with E-state index in [0.717, 1.165) is 31.4 Å². The summed E-state index contributed by atoms with van der Waals surface area (Å²) < 4.78 is 0. The van der Waals surface area contributed by atoms with Gasteiger partial charge < -0.3 is 5.32 Å². The van der Waals surface area contributed by atoms with Crippen LogP contribution in [0.2, 0.25) is 10.0 Å². The molecule has 1 nitrogen and oxygen atoms in total. The maximum absolute atomic E-state index is 6.25. The molecule has 3 heteroatoms. The molecule has 0 radical (unpaired) electrons. The third kappa shape index (κ3) is 5.17. The van der Waals surface area contributed by atoms with Gasteiger partial charge in [-0.1, -0.05) is 56.1 Å². The van der Waals surface area contributed by atoms with Gasteiger partial charge in [0.25, 0.3) is 0 Å². The summed E-state index contributed by atoms with van der Waals surface area (Å²) in [5.41, 5.74) is 1.14. The summed E-state index contributed by atoms with van der Waals surface area (Å²) in [7, 11) is 0. The SMILES string of the molecule is CCCNC(Cc1cccc(Cl)c1Cl)CC(C)C. The first kappa shape index (κ1) is 15.8. The van der Waals surface area contributed by atoms with E-state index >= 15 is 0 Å². The highest BCUT2D eigenvalue weighted by Crippen LogP contribution is 2.27. The maximum Gasteiger partial charge on any atom is 0.0624 e. The lowest BCUT2D eigenvalue weighted by molar-refractivity contribution is 0.416. The van der Waals surface area contributed by atoms with Crippen molar-refractivity contribution in [2.75, 3.05) is 6.54 Å². The Morgan fingerprint density at radius 2 is 1.94 bits per heavy atom. The Balaban J connectivity index is 2.72. The number of rotatable bonds is 7. The predicted octanol–water partition coefficient (Wildman–Crippen LogP) is 4.95. The normalized spacial score (nSPS) is 13.0. The van der Waals surface area contributed by atoms with E-state index in [0.29, 0.717) is 22.0 Å². The summed E-state index contributed by atoms with van der Waals surface area (Å²) in [4.78, 5) is 0. The highest BCUT2D eigenvalue weighted by molar-refractivity contribution is 6.42. The summed E-state index contributed by atoms with van der Waals surface area (Å²) in [5, 5.41) is 4.94. The Kier molecular flexibility index (Phi) is 7.06. The van der Waals surface area contributed by atoms with Crippen LogP contribution >= 0.6 is 23.2 Å². The molecule has 0 aliphatic rings. The van der Waals surface area contributed by atoms with E-state index in [1.54, 1.807) is 0 Å². The van der Waals surface area contributed by atoms with Crippen LogP contribution in [-0.4, -0.2) is 12.6 Å². The van der Waals surface area contributed by atoms with E-state index in [1.165, 1.54) is 0 Å². The second-order valence-corrected chi connectivity index (χ2v) is 5.98. The first-order valence-electron chi connectivity index (χ1n) is 6.70. The lowest BCUT2D eigenvalue weighted by Gasteiger charge is -2.21. The molecule has 1 atom stereocenters. The van der Waals surface area contributed by atoms with E-state index in [9.17, 15) is 0 Å². The van der Waals surface area contributed by atoms with Crippen LogP contribution in [0.4, 0.5) is 0 Å². The van der Waals surface area contributed by atoms with Gasteiger partial charge in [-0.25, -0.2) is 0 Å². The highest BCUT2D eigenvalue weighted by Gasteiger charge is 2.13. The molecular formula is C15H23Cl2N. The van der Waals surface area contributed by atoms with Gasteiger partial charge in [0.2, 0.25) is 0 Å². The first-order chi connectivity index (χ1) is 8.54. The van der Waals surface area contributed by atoms with Gasteiger partial charge in [0.15, 0.2) is 0 Å². The first-order valence-corrected chi connectivity index (χ1v) is 7.46. The van der Waals surface area contributed by atoms with Gasteiger partial charge in [0.1, 0.15) is 0 Å². The highest BCUT2D eigenvalue weighted by atomic mass is 35.5. The van der Waals surface area contributed by atoms with Crippen LogP contribution in [0.25, 0.3) is 0 Å². The molecule has 0 aliphatic carbocycles. The fraction of sp³-hybridized carbons (Fsp3) is 0.600. The summed E-state index contributed by atoms with van der Waals surface area (Å²) in [5.74, 6) is 0.678. The molecule has 1 N–H and O–H groups in total. The Labute approximate surface area is 121 Å². The van der Waals surface area contributed by atoms with Crippen LogP contribution in [0, 0.1) is 5.92 Å². The van der Waals surface area contributed by atoms with Gasteiger partial charge >= 0.3 is 0 Å². The summed E-state index contributed by atoms with van der Waals surface area (Å²) >= 11 is 12.3. The molecule has 1 unspecified atom stereocenters. The zero-order chi connectivity index (χ0) is 13.5. The molecule has 0 aliphatic heterocycles. The van der Waals surface area contributed by atoms with Crippen LogP contribution in [0.1, 0.15) is 39.2 Å². The molecule has 1 rings (SSSR count). The molecule has 1 aromatic rings. The minimum absolute atomic E-state index is 0.473. The van der Waals surface area contributed by atoms with Crippen LogP contribution in [0.3, 0.4) is 0 Å². The number of nitrogens with one attached hydrogen (secondary N) is 1. The molecule has 0 aromatic heterocycles. The maximum atomic E-state index is 6.25. The van der Waals surface area contributed by atoms with Gasteiger partial charge in [0.05, 0.1) is 10.0 Å². The quantitative estimate of drug-likeness (QED) is 0.748. The van der Waals surface area contributed by atoms with E-state index in [2.05, 4.69) is 32.2 Å². The van der Waals surface area contributed by atoms with Crippen molar-refractivity contribution in [2.24, 2.45) is 5.92 Å². The fourth-order valence-corrected chi connectivity index (χ4v) is 2.53. The van der Waals surface area contributed by atoms with E-state index in [-0.39, 0.29) is 0 Å². The topological polar surface area (TPSA) is 12.0 Å². The summed E-state index contributed by atoms with van der Waals surface area (Å²) in [6.45, 7) is 7.74. The number of benzene rings is 1. The third-order valence-corrected chi connectivity index (χ3v) is 3.79. The van der Waals surface area contributed by atoms with Crippen LogP contribution in [-0.2, 0) is 6.42 Å². The van der Waals surface area contributed by atoms with Crippen molar-refractivity contribution >= 4 is 23.2 Å². The molecule has 0 spiro atoms. The van der Waals surface area contributed by atoms with Crippen molar-refractivity contribution in [3.05, 3.63) is 33.8 Å². The smallest absolute Gasteiger partial charge is 0.0624 e. The predicted molar refractivity (Wildman–Crippen MR) is 81.7 cm³/mol. The van der Waals surface area contributed by atoms with Gasteiger partial charge in [-0.3, -0.25) is 0 Å². The second-order valence-electron chi connectivity index (χ2n) is 5.20. The number of hydrogen-bond acceptors (Lipinski definition) is 1. The van der Waals surface area contributed by atoms with Crippen molar-refractivity contribution in [1.29, 1.82) is 0 Å². The number of halogens is 2. The average Bonchev–Trinajstić information content (AvgIpc) is 2.31. The van der Waals surface area contributed by atoms with Crippen molar-refractivity contribution in [3.63, 3.8) is 0 Å².